The van der Waals surface area contributed by atoms with Gasteiger partial charge in [0.15, 0.2) is 0 Å². The summed E-state index contributed by atoms with van der Waals surface area (Å²) >= 11 is 0. The predicted octanol–water partition coefficient (Wildman–Crippen LogP) is 4.03. The maximum atomic E-state index is 13.5. The number of ether oxygens (including phenoxy) is 1. The van der Waals surface area contributed by atoms with Gasteiger partial charge in [0.2, 0.25) is 0 Å². The first-order valence-electron chi connectivity index (χ1n) is 8.53. The molecule has 0 aromatic heterocycles. The van der Waals surface area contributed by atoms with Crippen LogP contribution < -0.4 is 10.6 Å². The molecule has 2 aromatic rings. The predicted molar refractivity (Wildman–Crippen MR) is 95.8 cm³/mol. The number of hydrogen-bond donors (Lipinski definition) is 2. The maximum absolute atomic E-state index is 13.5. The van der Waals surface area contributed by atoms with Gasteiger partial charge in [-0.05, 0) is 24.1 Å². The van der Waals surface area contributed by atoms with Crippen molar-refractivity contribution in [3.63, 3.8) is 0 Å². The zero-order valence-electron chi connectivity index (χ0n) is 14.8. The molecule has 0 bridgehead atoms. The van der Waals surface area contributed by atoms with Gasteiger partial charge in [-0.15, -0.1) is 0 Å². The second-order valence-electron chi connectivity index (χ2n) is 5.99. The number of esters is 1. The molecule has 0 spiro atoms. The van der Waals surface area contributed by atoms with Crippen molar-refractivity contribution in [2.75, 3.05) is 6.61 Å². The van der Waals surface area contributed by atoms with Gasteiger partial charge < -0.3 is 15.4 Å². The molecule has 0 saturated carbocycles. The van der Waals surface area contributed by atoms with Gasteiger partial charge in [0, 0.05) is 0 Å². The van der Waals surface area contributed by atoms with Crippen molar-refractivity contribution in [3.8, 4) is 0 Å². The van der Waals surface area contributed by atoms with E-state index in [9.17, 15) is 22.8 Å². The molecule has 0 aliphatic carbocycles. The van der Waals surface area contributed by atoms with E-state index in [1.165, 1.54) is 18.2 Å². The third-order valence-electron chi connectivity index (χ3n) is 4.21. The first kappa shape index (κ1) is 19.5. The molecule has 1 aliphatic heterocycles. The molecule has 1 aliphatic rings. The molecular formula is C20H17F3N2O3. The lowest BCUT2D eigenvalue weighted by Crippen LogP contribution is -2.45. The molecule has 0 saturated heterocycles. The van der Waals surface area contributed by atoms with Crippen LogP contribution in [-0.4, -0.2) is 18.6 Å². The maximum Gasteiger partial charge on any atom is 0.416 e. The number of benzene rings is 2. The molecule has 28 heavy (non-hydrogen) atoms. The number of hydrogen-bond acceptors (Lipinski definition) is 3. The van der Waals surface area contributed by atoms with Crippen LogP contribution in [0.5, 0.6) is 0 Å². The van der Waals surface area contributed by atoms with Crippen molar-refractivity contribution < 1.29 is 27.5 Å². The summed E-state index contributed by atoms with van der Waals surface area (Å²) in [7, 11) is 0. The van der Waals surface area contributed by atoms with E-state index in [-0.39, 0.29) is 23.4 Å². The van der Waals surface area contributed by atoms with E-state index in [1.54, 1.807) is 37.3 Å². The minimum absolute atomic E-state index is 0.0337. The molecule has 1 atom stereocenters. The summed E-state index contributed by atoms with van der Waals surface area (Å²) < 4.78 is 45.7. The molecule has 5 nitrogen and oxygen atoms in total. The van der Waals surface area contributed by atoms with E-state index >= 15 is 0 Å². The van der Waals surface area contributed by atoms with Crippen molar-refractivity contribution in [3.05, 3.63) is 76.9 Å². The van der Waals surface area contributed by atoms with Gasteiger partial charge in [-0.2, -0.15) is 13.2 Å². The number of rotatable bonds is 4. The second-order valence-corrected chi connectivity index (χ2v) is 5.99. The van der Waals surface area contributed by atoms with E-state index in [1.807, 2.05) is 0 Å². The summed E-state index contributed by atoms with van der Waals surface area (Å²) in [5.74, 6) is -0.809. The fraction of sp³-hybridized carbons (Fsp3) is 0.200. The van der Waals surface area contributed by atoms with E-state index in [0.717, 1.165) is 6.07 Å². The van der Waals surface area contributed by atoms with Crippen LogP contribution in [0, 0.1) is 0 Å². The molecule has 3 rings (SSSR count). The van der Waals surface area contributed by atoms with Crippen molar-refractivity contribution in [1.82, 2.24) is 10.6 Å². The lowest BCUT2D eigenvalue weighted by molar-refractivity contribution is -0.140. The van der Waals surface area contributed by atoms with Gasteiger partial charge in [0.05, 0.1) is 29.5 Å². The number of carbonyl (C=O) groups is 2. The van der Waals surface area contributed by atoms with E-state index < -0.39 is 29.8 Å². The molecule has 1 unspecified atom stereocenters. The van der Waals surface area contributed by atoms with Crippen molar-refractivity contribution in [2.24, 2.45) is 0 Å². The average molecular weight is 390 g/mol. The SMILES string of the molecule is CCOC(=O)C1=C(c2ccccc2)NC(=O)NC1c1ccccc1C(F)(F)F. The Morgan fingerprint density at radius 1 is 1.07 bits per heavy atom. The second kappa shape index (κ2) is 7.75. The molecule has 8 heteroatoms. The number of carbonyl (C=O) groups excluding carboxylic acids is 2. The van der Waals surface area contributed by atoms with E-state index in [2.05, 4.69) is 10.6 Å². The van der Waals surface area contributed by atoms with Gasteiger partial charge in [0.1, 0.15) is 0 Å². The van der Waals surface area contributed by atoms with Gasteiger partial charge in [-0.3, -0.25) is 0 Å². The lowest BCUT2D eigenvalue weighted by atomic mass is 9.89. The van der Waals surface area contributed by atoms with Crippen LogP contribution in [0.1, 0.15) is 29.7 Å². The topological polar surface area (TPSA) is 67.4 Å². The van der Waals surface area contributed by atoms with Crippen molar-refractivity contribution in [1.29, 1.82) is 0 Å². The Morgan fingerprint density at radius 3 is 2.36 bits per heavy atom. The van der Waals surface area contributed by atoms with Crippen LogP contribution in [0.2, 0.25) is 0 Å². The molecular weight excluding hydrogens is 373 g/mol. The Labute approximate surface area is 159 Å². The lowest BCUT2D eigenvalue weighted by Gasteiger charge is -2.31. The van der Waals surface area contributed by atoms with Gasteiger partial charge in [-0.25, -0.2) is 9.59 Å². The Hall–Kier alpha value is -3.29. The molecule has 146 valence electrons. The minimum atomic E-state index is -4.65. The third kappa shape index (κ3) is 3.85. The Kier molecular flexibility index (Phi) is 5.39. The highest BCUT2D eigenvalue weighted by atomic mass is 19.4. The zero-order valence-corrected chi connectivity index (χ0v) is 14.8. The summed E-state index contributed by atoms with van der Waals surface area (Å²) in [6.45, 7) is 1.63. The zero-order chi connectivity index (χ0) is 20.3. The van der Waals surface area contributed by atoms with Gasteiger partial charge in [0.25, 0.3) is 0 Å². The number of nitrogens with one attached hydrogen (secondary N) is 2. The van der Waals surface area contributed by atoms with Crippen molar-refractivity contribution in [2.45, 2.75) is 19.1 Å². The number of alkyl halides is 3. The first-order valence-corrected chi connectivity index (χ1v) is 8.53. The third-order valence-corrected chi connectivity index (χ3v) is 4.21. The highest BCUT2D eigenvalue weighted by Crippen LogP contribution is 2.39. The number of amides is 2. The highest BCUT2D eigenvalue weighted by molar-refractivity contribution is 6.04. The summed E-state index contributed by atoms with van der Waals surface area (Å²) in [6.07, 6.45) is -4.65. The van der Waals surface area contributed by atoms with Crippen LogP contribution >= 0.6 is 0 Å². The number of urea groups is 1. The monoisotopic (exact) mass is 390 g/mol. The summed E-state index contributed by atoms with van der Waals surface area (Å²) in [5.41, 5.74) is -0.665. The van der Waals surface area contributed by atoms with Crippen molar-refractivity contribution >= 4 is 17.7 Å². The molecule has 2 aromatic carbocycles. The fourth-order valence-corrected chi connectivity index (χ4v) is 3.07. The minimum Gasteiger partial charge on any atom is -0.463 e. The van der Waals surface area contributed by atoms with Crippen LogP contribution in [0.15, 0.2) is 60.2 Å². The summed E-state index contributed by atoms with van der Waals surface area (Å²) in [4.78, 5) is 24.9. The Balaban J connectivity index is 2.25. The molecule has 0 radical (unpaired) electrons. The quantitative estimate of drug-likeness (QED) is 0.775. The normalized spacial score (nSPS) is 17.0. The van der Waals surface area contributed by atoms with Gasteiger partial charge in [-0.1, -0.05) is 48.5 Å². The average Bonchev–Trinajstić information content (AvgIpc) is 2.67. The van der Waals surface area contributed by atoms with Crippen LogP contribution in [0.4, 0.5) is 18.0 Å². The molecule has 2 N–H and O–H groups in total. The largest absolute Gasteiger partial charge is 0.463 e. The molecule has 0 fully saturated rings. The number of halogens is 3. The van der Waals surface area contributed by atoms with E-state index in [4.69, 9.17) is 4.74 Å². The standard InChI is InChI=1S/C20H17F3N2O3/c1-2-28-18(26)15-16(12-8-4-3-5-9-12)24-19(27)25-17(15)13-10-6-7-11-14(13)20(21,22)23/h3-11,17H,2H2,1H3,(H2,24,25,27). The molecule has 1 heterocycles. The summed E-state index contributed by atoms with van der Waals surface area (Å²) in [5, 5.41) is 4.95. The Bertz CT molecular complexity index is 924. The smallest absolute Gasteiger partial charge is 0.416 e. The van der Waals surface area contributed by atoms with Crippen LogP contribution in [0.3, 0.4) is 0 Å². The van der Waals surface area contributed by atoms with Crippen LogP contribution in [-0.2, 0) is 15.7 Å². The summed E-state index contributed by atoms with van der Waals surface area (Å²) in [6, 6.07) is 11.2. The molecule has 2 amide bonds. The highest BCUT2D eigenvalue weighted by Gasteiger charge is 2.40. The van der Waals surface area contributed by atoms with Crippen LogP contribution in [0.25, 0.3) is 5.70 Å². The van der Waals surface area contributed by atoms with E-state index in [0.29, 0.717) is 5.56 Å². The Morgan fingerprint density at radius 2 is 1.71 bits per heavy atom. The fourth-order valence-electron chi connectivity index (χ4n) is 3.07. The first-order chi connectivity index (χ1) is 13.3. The van der Waals surface area contributed by atoms with Gasteiger partial charge >= 0.3 is 18.2 Å².